The van der Waals surface area contributed by atoms with Crippen LogP contribution in [0, 0.1) is 0 Å². The molecule has 5 nitrogen and oxygen atoms in total. The molecule has 2 heterocycles. The number of nitrogens with one attached hydrogen (secondary N) is 1. The molecule has 18 heavy (non-hydrogen) atoms. The SMILES string of the molecule is COc1ccc2nnn(C3CCCCNC3)c2c1. The van der Waals surface area contributed by atoms with Gasteiger partial charge in [-0.25, -0.2) is 4.68 Å². The maximum Gasteiger partial charge on any atom is 0.121 e. The van der Waals surface area contributed by atoms with E-state index in [1.54, 1.807) is 7.11 Å². The summed E-state index contributed by atoms with van der Waals surface area (Å²) in [6.45, 7) is 2.07. The fourth-order valence-corrected chi connectivity index (χ4v) is 2.52. The summed E-state index contributed by atoms with van der Waals surface area (Å²) in [5.41, 5.74) is 1.99. The van der Waals surface area contributed by atoms with E-state index in [0.717, 1.165) is 36.3 Å². The lowest BCUT2D eigenvalue weighted by atomic mass is 10.1. The lowest BCUT2D eigenvalue weighted by Crippen LogP contribution is -2.24. The van der Waals surface area contributed by atoms with E-state index in [9.17, 15) is 0 Å². The van der Waals surface area contributed by atoms with Gasteiger partial charge in [-0.05, 0) is 31.5 Å². The quantitative estimate of drug-likeness (QED) is 0.877. The Morgan fingerprint density at radius 3 is 3.22 bits per heavy atom. The number of fused-ring (bicyclic) bond motifs is 1. The van der Waals surface area contributed by atoms with Gasteiger partial charge in [0.05, 0.1) is 18.7 Å². The van der Waals surface area contributed by atoms with E-state index in [2.05, 4.69) is 15.6 Å². The molecule has 0 spiro atoms. The van der Waals surface area contributed by atoms with Crippen molar-refractivity contribution < 1.29 is 4.74 Å². The van der Waals surface area contributed by atoms with Crippen LogP contribution in [-0.2, 0) is 0 Å². The third-order valence-corrected chi connectivity index (χ3v) is 3.54. The van der Waals surface area contributed by atoms with Gasteiger partial charge >= 0.3 is 0 Å². The molecule has 0 bridgehead atoms. The molecule has 1 fully saturated rings. The normalized spacial score (nSPS) is 20.8. The first-order valence-corrected chi connectivity index (χ1v) is 6.48. The Balaban J connectivity index is 1.99. The largest absolute Gasteiger partial charge is 0.497 e. The molecule has 1 aromatic carbocycles. The fraction of sp³-hybridized carbons (Fsp3) is 0.538. The van der Waals surface area contributed by atoms with Gasteiger partial charge in [0.2, 0.25) is 0 Å². The number of aromatic nitrogens is 3. The van der Waals surface area contributed by atoms with Gasteiger partial charge in [0.1, 0.15) is 11.3 Å². The van der Waals surface area contributed by atoms with E-state index in [-0.39, 0.29) is 0 Å². The number of methoxy groups -OCH3 is 1. The van der Waals surface area contributed by atoms with Crippen LogP contribution in [0.15, 0.2) is 18.2 Å². The van der Waals surface area contributed by atoms with E-state index in [4.69, 9.17) is 4.74 Å². The van der Waals surface area contributed by atoms with Crippen molar-refractivity contribution in [3.8, 4) is 5.75 Å². The summed E-state index contributed by atoms with van der Waals surface area (Å²) in [6, 6.07) is 6.29. The number of benzene rings is 1. The highest BCUT2D eigenvalue weighted by atomic mass is 16.5. The minimum atomic E-state index is 0.393. The second kappa shape index (κ2) is 4.94. The Hall–Kier alpha value is -1.62. The van der Waals surface area contributed by atoms with Gasteiger partial charge in [-0.3, -0.25) is 0 Å². The van der Waals surface area contributed by atoms with Gasteiger partial charge in [-0.15, -0.1) is 5.10 Å². The minimum absolute atomic E-state index is 0.393. The van der Waals surface area contributed by atoms with Crippen molar-refractivity contribution in [1.82, 2.24) is 20.3 Å². The zero-order valence-electron chi connectivity index (χ0n) is 10.6. The molecule has 1 aromatic heterocycles. The Morgan fingerprint density at radius 2 is 2.33 bits per heavy atom. The average Bonchev–Trinajstić information content (AvgIpc) is 2.64. The van der Waals surface area contributed by atoms with Crippen molar-refractivity contribution >= 4 is 11.0 Å². The maximum absolute atomic E-state index is 5.27. The highest BCUT2D eigenvalue weighted by Crippen LogP contribution is 2.24. The van der Waals surface area contributed by atoms with Crippen LogP contribution >= 0.6 is 0 Å². The first-order valence-electron chi connectivity index (χ1n) is 6.48. The van der Waals surface area contributed by atoms with Crippen molar-refractivity contribution in [2.75, 3.05) is 20.2 Å². The molecule has 1 unspecified atom stereocenters. The van der Waals surface area contributed by atoms with Crippen LogP contribution in [0.5, 0.6) is 5.75 Å². The van der Waals surface area contributed by atoms with Crippen LogP contribution in [0.1, 0.15) is 25.3 Å². The molecule has 3 rings (SSSR count). The lowest BCUT2D eigenvalue weighted by molar-refractivity contribution is 0.411. The first kappa shape index (κ1) is 11.5. The summed E-state index contributed by atoms with van der Waals surface area (Å²) < 4.78 is 7.31. The van der Waals surface area contributed by atoms with Crippen LogP contribution in [0.2, 0.25) is 0 Å². The number of nitrogens with zero attached hydrogens (tertiary/aromatic N) is 3. The number of hydrogen-bond donors (Lipinski definition) is 1. The van der Waals surface area contributed by atoms with Crippen LogP contribution in [-0.4, -0.2) is 35.2 Å². The number of hydrogen-bond acceptors (Lipinski definition) is 4. The zero-order chi connectivity index (χ0) is 12.4. The average molecular weight is 246 g/mol. The van der Waals surface area contributed by atoms with Gasteiger partial charge in [-0.1, -0.05) is 11.6 Å². The molecular weight excluding hydrogens is 228 g/mol. The van der Waals surface area contributed by atoms with E-state index in [1.165, 1.54) is 12.8 Å². The summed E-state index contributed by atoms with van der Waals surface area (Å²) in [7, 11) is 1.68. The summed E-state index contributed by atoms with van der Waals surface area (Å²) in [4.78, 5) is 0. The first-order chi connectivity index (χ1) is 8.88. The third-order valence-electron chi connectivity index (χ3n) is 3.54. The molecule has 0 radical (unpaired) electrons. The van der Waals surface area contributed by atoms with E-state index in [1.807, 2.05) is 22.9 Å². The van der Waals surface area contributed by atoms with Crippen LogP contribution in [0.3, 0.4) is 0 Å². The molecule has 96 valence electrons. The highest BCUT2D eigenvalue weighted by Gasteiger charge is 2.17. The second-order valence-electron chi connectivity index (χ2n) is 4.74. The van der Waals surface area contributed by atoms with Gasteiger partial charge in [-0.2, -0.15) is 0 Å². The molecule has 0 aliphatic carbocycles. The van der Waals surface area contributed by atoms with Crippen molar-refractivity contribution in [2.45, 2.75) is 25.3 Å². The monoisotopic (exact) mass is 246 g/mol. The van der Waals surface area contributed by atoms with E-state index >= 15 is 0 Å². The standard InChI is InChI=1S/C13H18N4O/c1-18-11-5-6-12-13(8-11)17(16-15-12)10-4-2-3-7-14-9-10/h5-6,8,10,14H,2-4,7,9H2,1H3. The van der Waals surface area contributed by atoms with Crippen molar-refractivity contribution in [3.63, 3.8) is 0 Å². The molecule has 1 aliphatic heterocycles. The van der Waals surface area contributed by atoms with Crippen molar-refractivity contribution in [1.29, 1.82) is 0 Å². The summed E-state index contributed by atoms with van der Waals surface area (Å²) in [6.07, 6.45) is 3.64. The topological polar surface area (TPSA) is 52.0 Å². The van der Waals surface area contributed by atoms with Crippen LogP contribution in [0.25, 0.3) is 11.0 Å². The fourth-order valence-electron chi connectivity index (χ4n) is 2.52. The Kier molecular flexibility index (Phi) is 3.15. The smallest absolute Gasteiger partial charge is 0.121 e. The van der Waals surface area contributed by atoms with Gasteiger partial charge < -0.3 is 10.1 Å². The molecular formula is C13H18N4O. The molecule has 5 heteroatoms. The highest BCUT2D eigenvalue weighted by molar-refractivity contribution is 5.76. The molecule has 2 aromatic rings. The molecule has 1 atom stereocenters. The zero-order valence-corrected chi connectivity index (χ0v) is 10.6. The van der Waals surface area contributed by atoms with Gasteiger partial charge in [0, 0.05) is 12.6 Å². The maximum atomic E-state index is 5.27. The lowest BCUT2D eigenvalue weighted by Gasteiger charge is -2.15. The van der Waals surface area contributed by atoms with Gasteiger partial charge in [0.15, 0.2) is 0 Å². The number of rotatable bonds is 2. The second-order valence-corrected chi connectivity index (χ2v) is 4.74. The van der Waals surface area contributed by atoms with Crippen LogP contribution < -0.4 is 10.1 Å². The summed E-state index contributed by atoms with van der Waals surface area (Å²) in [5.74, 6) is 0.854. The molecule has 0 amide bonds. The van der Waals surface area contributed by atoms with Crippen molar-refractivity contribution in [2.24, 2.45) is 0 Å². The van der Waals surface area contributed by atoms with E-state index in [0.29, 0.717) is 6.04 Å². The Labute approximate surface area is 106 Å². The molecule has 1 aliphatic rings. The van der Waals surface area contributed by atoms with E-state index < -0.39 is 0 Å². The minimum Gasteiger partial charge on any atom is -0.497 e. The predicted octanol–water partition coefficient (Wildman–Crippen LogP) is 1.75. The molecule has 0 saturated carbocycles. The molecule has 1 saturated heterocycles. The predicted molar refractivity (Wildman–Crippen MR) is 69.8 cm³/mol. The van der Waals surface area contributed by atoms with Gasteiger partial charge in [0.25, 0.3) is 0 Å². The van der Waals surface area contributed by atoms with Crippen molar-refractivity contribution in [3.05, 3.63) is 18.2 Å². The Morgan fingerprint density at radius 1 is 1.39 bits per heavy atom. The number of ether oxygens (including phenoxy) is 1. The third kappa shape index (κ3) is 2.06. The van der Waals surface area contributed by atoms with Crippen LogP contribution in [0.4, 0.5) is 0 Å². The Bertz CT molecular complexity index is 529. The molecule has 1 N–H and O–H groups in total. The summed E-state index contributed by atoms with van der Waals surface area (Å²) >= 11 is 0. The summed E-state index contributed by atoms with van der Waals surface area (Å²) in [5, 5.41) is 12.0.